The van der Waals surface area contributed by atoms with Crippen molar-refractivity contribution in [2.24, 2.45) is 0 Å². The molecule has 0 aliphatic carbocycles. The Labute approximate surface area is 136 Å². The molecule has 1 aromatic carbocycles. The lowest BCUT2D eigenvalue weighted by molar-refractivity contribution is 0.520. The molecular formula is C15H21N3O2S2. The van der Waals surface area contributed by atoms with Crippen LogP contribution in [0.1, 0.15) is 28.4 Å². The summed E-state index contributed by atoms with van der Waals surface area (Å²) in [5.41, 5.74) is 1.05. The first-order chi connectivity index (χ1) is 10.3. The number of hydrogen-bond acceptors (Lipinski definition) is 5. The molecule has 1 atom stereocenters. The van der Waals surface area contributed by atoms with Crippen LogP contribution in [0.25, 0.3) is 0 Å². The standard InChI is InChI=1S/C15H21N3O2S2/c1-11(16-9-14-10-17-12(2)21-14)13-5-7-15(8-6-13)22(19,20)18(3)4/h5-8,10-11,16H,9H2,1-4H3. The van der Waals surface area contributed by atoms with Crippen LogP contribution in [0.3, 0.4) is 0 Å². The summed E-state index contributed by atoms with van der Waals surface area (Å²) >= 11 is 1.68. The molecule has 1 heterocycles. The third-order valence-corrected chi connectivity index (χ3v) is 6.15. The lowest BCUT2D eigenvalue weighted by atomic mass is 10.1. The van der Waals surface area contributed by atoms with Gasteiger partial charge in [-0.15, -0.1) is 11.3 Å². The van der Waals surface area contributed by atoms with Crippen molar-refractivity contribution in [2.75, 3.05) is 14.1 Å². The highest BCUT2D eigenvalue weighted by molar-refractivity contribution is 7.89. The molecular weight excluding hydrogens is 318 g/mol. The molecule has 22 heavy (non-hydrogen) atoms. The number of nitrogens with zero attached hydrogens (tertiary/aromatic N) is 2. The molecule has 0 bridgehead atoms. The minimum atomic E-state index is -3.37. The van der Waals surface area contributed by atoms with E-state index in [9.17, 15) is 8.42 Å². The second kappa shape index (κ2) is 6.87. The van der Waals surface area contributed by atoms with Gasteiger partial charge in [0.25, 0.3) is 0 Å². The molecule has 0 radical (unpaired) electrons. The topological polar surface area (TPSA) is 62.3 Å². The smallest absolute Gasteiger partial charge is 0.242 e. The zero-order valence-electron chi connectivity index (χ0n) is 13.2. The number of aromatic nitrogens is 1. The molecule has 1 N–H and O–H groups in total. The highest BCUT2D eigenvalue weighted by atomic mass is 32.2. The number of aryl methyl sites for hydroxylation is 1. The van der Waals surface area contributed by atoms with Crippen molar-refractivity contribution in [2.45, 2.75) is 31.3 Å². The Kier molecular flexibility index (Phi) is 5.33. The first kappa shape index (κ1) is 17.1. The summed E-state index contributed by atoms with van der Waals surface area (Å²) in [5, 5.41) is 4.48. The monoisotopic (exact) mass is 339 g/mol. The van der Waals surface area contributed by atoms with E-state index in [4.69, 9.17) is 0 Å². The number of thiazole rings is 1. The van der Waals surface area contributed by atoms with Gasteiger partial charge in [-0.3, -0.25) is 0 Å². The number of sulfonamides is 1. The number of benzene rings is 1. The summed E-state index contributed by atoms with van der Waals surface area (Å²) in [5.74, 6) is 0. The van der Waals surface area contributed by atoms with Gasteiger partial charge in [-0.1, -0.05) is 12.1 Å². The molecule has 120 valence electrons. The van der Waals surface area contributed by atoms with Crippen molar-refractivity contribution >= 4 is 21.4 Å². The molecule has 1 unspecified atom stereocenters. The van der Waals surface area contributed by atoms with Crippen molar-refractivity contribution in [3.8, 4) is 0 Å². The Balaban J connectivity index is 2.03. The van der Waals surface area contributed by atoms with E-state index in [0.29, 0.717) is 4.90 Å². The molecule has 0 aliphatic rings. The van der Waals surface area contributed by atoms with Crippen LogP contribution in [-0.2, 0) is 16.6 Å². The van der Waals surface area contributed by atoms with E-state index in [-0.39, 0.29) is 6.04 Å². The van der Waals surface area contributed by atoms with Crippen LogP contribution in [0.2, 0.25) is 0 Å². The van der Waals surface area contributed by atoms with Gasteiger partial charge in [0.2, 0.25) is 10.0 Å². The molecule has 0 fully saturated rings. The summed E-state index contributed by atoms with van der Waals surface area (Å²) < 4.78 is 25.3. The van der Waals surface area contributed by atoms with Crippen molar-refractivity contribution in [3.63, 3.8) is 0 Å². The van der Waals surface area contributed by atoms with E-state index < -0.39 is 10.0 Å². The number of rotatable bonds is 6. The molecule has 2 rings (SSSR count). The number of nitrogens with one attached hydrogen (secondary N) is 1. The van der Waals surface area contributed by atoms with Crippen molar-refractivity contribution in [1.29, 1.82) is 0 Å². The quantitative estimate of drug-likeness (QED) is 0.878. The van der Waals surface area contributed by atoms with Gasteiger partial charge in [0.1, 0.15) is 0 Å². The van der Waals surface area contributed by atoms with Gasteiger partial charge in [-0.2, -0.15) is 0 Å². The van der Waals surface area contributed by atoms with Crippen LogP contribution < -0.4 is 5.32 Å². The largest absolute Gasteiger partial charge is 0.305 e. The summed E-state index contributed by atoms with van der Waals surface area (Å²) in [4.78, 5) is 5.73. The average molecular weight is 339 g/mol. The van der Waals surface area contributed by atoms with Crippen LogP contribution in [0.4, 0.5) is 0 Å². The van der Waals surface area contributed by atoms with Gasteiger partial charge >= 0.3 is 0 Å². The fraction of sp³-hybridized carbons (Fsp3) is 0.400. The Hall–Kier alpha value is -1.28. The van der Waals surface area contributed by atoms with Crippen LogP contribution in [0.5, 0.6) is 0 Å². The predicted molar refractivity (Wildman–Crippen MR) is 89.4 cm³/mol. The first-order valence-electron chi connectivity index (χ1n) is 6.98. The summed E-state index contributed by atoms with van der Waals surface area (Å²) in [6.45, 7) is 4.80. The molecule has 7 heteroatoms. The molecule has 0 aliphatic heterocycles. The second-order valence-electron chi connectivity index (χ2n) is 5.30. The molecule has 0 saturated carbocycles. The summed E-state index contributed by atoms with van der Waals surface area (Å²) in [6.07, 6.45) is 1.88. The summed E-state index contributed by atoms with van der Waals surface area (Å²) in [7, 11) is -0.301. The SMILES string of the molecule is Cc1ncc(CNC(C)c2ccc(S(=O)(=O)N(C)C)cc2)s1. The summed E-state index contributed by atoms with van der Waals surface area (Å²) in [6, 6.07) is 7.15. The van der Waals surface area contributed by atoms with Gasteiger partial charge in [0.05, 0.1) is 9.90 Å². The molecule has 1 aromatic heterocycles. The molecule has 5 nitrogen and oxygen atoms in total. The van der Waals surface area contributed by atoms with Gasteiger partial charge in [0.15, 0.2) is 0 Å². The Morgan fingerprint density at radius 3 is 2.41 bits per heavy atom. The van der Waals surface area contributed by atoms with E-state index in [1.54, 1.807) is 23.5 Å². The minimum Gasteiger partial charge on any atom is -0.305 e. The van der Waals surface area contributed by atoms with E-state index >= 15 is 0 Å². The van der Waals surface area contributed by atoms with Gasteiger partial charge in [0, 0.05) is 37.8 Å². The van der Waals surface area contributed by atoms with Crippen molar-refractivity contribution in [1.82, 2.24) is 14.6 Å². The van der Waals surface area contributed by atoms with E-state index in [1.165, 1.54) is 23.3 Å². The lowest BCUT2D eigenvalue weighted by Gasteiger charge is -2.15. The minimum absolute atomic E-state index is 0.138. The van der Waals surface area contributed by atoms with Crippen LogP contribution in [0, 0.1) is 6.92 Å². The third-order valence-electron chi connectivity index (χ3n) is 3.41. The second-order valence-corrected chi connectivity index (χ2v) is 8.78. The van der Waals surface area contributed by atoms with E-state index in [1.807, 2.05) is 25.3 Å². The lowest BCUT2D eigenvalue weighted by Crippen LogP contribution is -2.22. The van der Waals surface area contributed by atoms with Gasteiger partial charge in [-0.25, -0.2) is 17.7 Å². The zero-order valence-corrected chi connectivity index (χ0v) is 14.8. The zero-order chi connectivity index (χ0) is 16.3. The normalized spacial score (nSPS) is 13.5. The predicted octanol–water partition coefficient (Wildman–Crippen LogP) is 2.55. The number of hydrogen-bond donors (Lipinski definition) is 1. The van der Waals surface area contributed by atoms with Gasteiger partial charge < -0.3 is 5.32 Å². The molecule has 0 spiro atoms. The fourth-order valence-electron chi connectivity index (χ4n) is 2.00. The Bertz CT molecular complexity index is 722. The molecule has 2 aromatic rings. The first-order valence-corrected chi connectivity index (χ1v) is 9.23. The van der Waals surface area contributed by atoms with Crippen molar-refractivity contribution in [3.05, 3.63) is 45.9 Å². The van der Waals surface area contributed by atoms with Crippen LogP contribution in [0.15, 0.2) is 35.4 Å². The maximum absolute atomic E-state index is 12.0. The Morgan fingerprint density at radius 2 is 1.91 bits per heavy atom. The highest BCUT2D eigenvalue weighted by Crippen LogP contribution is 2.19. The maximum atomic E-state index is 12.0. The van der Waals surface area contributed by atoms with Crippen molar-refractivity contribution < 1.29 is 8.42 Å². The fourth-order valence-corrected chi connectivity index (χ4v) is 3.65. The van der Waals surface area contributed by atoms with Crippen LogP contribution >= 0.6 is 11.3 Å². The van der Waals surface area contributed by atoms with E-state index in [2.05, 4.69) is 17.2 Å². The third kappa shape index (κ3) is 3.92. The molecule has 0 saturated heterocycles. The molecule has 0 amide bonds. The Morgan fingerprint density at radius 1 is 1.27 bits per heavy atom. The maximum Gasteiger partial charge on any atom is 0.242 e. The van der Waals surface area contributed by atoms with Crippen LogP contribution in [-0.4, -0.2) is 31.8 Å². The van der Waals surface area contributed by atoms with Gasteiger partial charge in [-0.05, 0) is 31.5 Å². The highest BCUT2D eigenvalue weighted by Gasteiger charge is 2.17. The van der Waals surface area contributed by atoms with E-state index in [0.717, 1.165) is 17.1 Å². The average Bonchev–Trinajstić information content (AvgIpc) is 2.90.